The van der Waals surface area contributed by atoms with Gasteiger partial charge in [0.25, 0.3) is 0 Å². The van der Waals surface area contributed by atoms with E-state index in [1.165, 1.54) is 6.92 Å². The van der Waals surface area contributed by atoms with Crippen molar-refractivity contribution in [2.24, 2.45) is 45.7 Å². The fourth-order valence-electron chi connectivity index (χ4n) is 6.75. The van der Waals surface area contributed by atoms with Gasteiger partial charge < -0.3 is 85.9 Å². The Kier molecular flexibility index (Phi) is 31.2. The predicted molar refractivity (Wildman–Crippen MR) is 259 cm³/mol. The SMILES string of the molecule is CC(C)C[C@H](NC(=O)[C@H](CO)NC(=O)[C@H](CO)NC(=O)[C@H](CC(C)C)NC(=O)[C@H](CCC(=O)O)NC(=O)[C@H](CCCCN)NC(=O)[C@H](C)NC(=O)[C@H](CC(C)C)NC(=O)[C@@H](N)CCCN=C(N)N)C(=O)O. The van der Waals surface area contributed by atoms with Crippen molar-refractivity contribution < 1.29 is 68.4 Å². The third-order valence-electron chi connectivity index (χ3n) is 10.5. The molecule has 0 fully saturated rings. The molecule has 0 spiro atoms. The van der Waals surface area contributed by atoms with E-state index in [1.807, 2.05) is 13.8 Å². The van der Waals surface area contributed by atoms with E-state index < -0.39 is 140 Å². The molecule has 0 rings (SSSR count). The van der Waals surface area contributed by atoms with E-state index in [4.69, 9.17) is 22.9 Å². The van der Waals surface area contributed by atoms with Gasteiger partial charge in [-0.1, -0.05) is 41.5 Å². The minimum Gasteiger partial charge on any atom is -0.481 e. The summed E-state index contributed by atoms with van der Waals surface area (Å²) < 4.78 is 0. The van der Waals surface area contributed by atoms with Gasteiger partial charge in [-0.2, -0.15) is 0 Å². The van der Waals surface area contributed by atoms with Gasteiger partial charge in [-0.25, -0.2) is 4.79 Å². The van der Waals surface area contributed by atoms with Crippen LogP contribution in [0.5, 0.6) is 0 Å². The Morgan fingerprint density at radius 1 is 0.465 bits per heavy atom. The quantitative estimate of drug-likeness (QED) is 0.0160. The standard InChI is InChI=1S/C44H81N13O14/c1-22(2)17-29(53-36(63)26(46)11-10-16-49-44(47)48)39(66)50-25(7)35(62)51-27(12-8-9-15-45)37(64)52-28(13-14-34(60)61)38(65)54-30(18-23(3)4)40(67)56-33(21-59)42(69)57-32(20-58)41(68)55-31(43(70)71)19-24(5)6/h22-33,58-59H,8-21,45-46H2,1-7H3,(H,50,66)(H,51,62)(H,52,64)(H,53,63)(H,54,65)(H,55,68)(H,56,67)(H,57,69)(H,60,61)(H,70,71)(H4,47,48,49)/t25-,26-,27-,28-,29-,30-,31-,32-,33-/m0/s1. The fourth-order valence-corrected chi connectivity index (χ4v) is 6.75. The summed E-state index contributed by atoms with van der Waals surface area (Å²) in [6.07, 6.45) is 0.290. The number of amides is 8. The number of guanidine groups is 1. The van der Waals surface area contributed by atoms with Crippen molar-refractivity contribution >= 4 is 65.2 Å². The van der Waals surface area contributed by atoms with Gasteiger partial charge in [0.1, 0.15) is 48.3 Å². The Hall–Kier alpha value is -6.19. The zero-order chi connectivity index (χ0) is 54.5. The van der Waals surface area contributed by atoms with Crippen LogP contribution in [0, 0.1) is 17.8 Å². The van der Waals surface area contributed by atoms with Crippen LogP contribution in [0.4, 0.5) is 0 Å². The molecule has 0 aliphatic carbocycles. The van der Waals surface area contributed by atoms with E-state index in [-0.39, 0.29) is 68.9 Å². The van der Waals surface area contributed by atoms with Crippen LogP contribution in [0.25, 0.3) is 0 Å². The maximum atomic E-state index is 13.9. The number of aliphatic imine (C=N–C) groups is 1. The zero-order valence-corrected chi connectivity index (χ0v) is 42.0. The van der Waals surface area contributed by atoms with Crippen molar-refractivity contribution in [1.82, 2.24) is 42.5 Å². The molecule has 0 aromatic rings. The zero-order valence-electron chi connectivity index (χ0n) is 42.0. The molecule has 0 bridgehead atoms. The highest BCUT2D eigenvalue weighted by Gasteiger charge is 2.35. The lowest BCUT2D eigenvalue weighted by atomic mass is 10.0. The Bertz CT molecular complexity index is 1800. The molecule has 9 atom stereocenters. The minimum atomic E-state index is -1.76. The van der Waals surface area contributed by atoms with Gasteiger partial charge in [0.2, 0.25) is 47.3 Å². The highest BCUT2D eigenvalue weighted by Crippen LogP contribution is 2.11. The number of carbonyl (C=O) groups excluding carboxylic acids is 8. The van der Waals surface area contributed by atoms with Gasteiger partial charge in [-0.05, 0) is 89.0 Å². The number of aliphatic hydroxyl groups excluding tert-OH is 2. The Labute approximate surface area is 414 Å². The number of carbonyl (C=O) groups is 10. The number of rotatable bonds is 36. The average Bonchev–Trinajstić information content (AvgIpc) is 3.27. The third-order valence-corrected chi connectivity index (χ3v) is 10.5. The van der Waals surface area contributed by atoms with Crippen LogP contribution in [0.15, 0.2) is 4.99 Å². The number of carboxylic acids is 2. The first-order valence-corrected chi connectivity index (χ1v) is 23.8. The van der Waals surface area contributed by atoms with Crippen molar-refractivity contribution in [2.45, 2.75) is 167 Å². The summed E-state index contributed by atoms with van der Waals surface area (Å²) in [5, 5.41) is 58.2. The van der Waals surface area contributed by atoms with Gasteiger partial charge in [0, 0.05) is 13.0 Å². The number of hydrogen-bond donors (Lipinski definition) is 16. The third kappa shape index (κ3) is 27.1. The van der Waals surface area contributed by atoms with Crippen molar-refractivity contribution in [1.29, 1.82) is 0 Å². The highest BCUT2D eigenvalue weighted by atomic mass is 16.4. The summed E-state index contributed by atoms with van der Waals surface area (Å²) in [4.78, 5) is 135. The molecule has 71 heavy (non-hydrogen) atoms. The first-order chi connectivity index (χ1) is 33.2. The molecule has 8 amide bonds. The lowest BCUT2D eigenvalue weighted by molar-refractivity contribution is -0.143. The van der Waals surface area contributed by atoms with Gasteiger partial charge in [-0.3, -0.25) is 48.1 Å². The normalized spacial score (nSPS) is 15.0. The molecule has 0 saturated carbocycles. The van der Waals surface area contributed by atoms with Crippen LogP contribution in [0.2, 0.25) is 0 Å². The maximum absolute atomic E-state index is 13.9. The molecule has 406 valence electrons. The molecule has 27 nitrogen and oxygen atoms in total. The minimum absolute atomic E-state index is 0.0182. The lowest BCUT2D eigenvalue weighted by Gasteiger charge is -2.28. The molecule has 0 unspecified atom stereocenters. The maximum Gasteiger partial charge on any atom is 0.326 e. The van der Waals surface area contributed by atoms with Crippen LogP contribution in [0.3, 0.4) is 0 Å². The number of carboxylic acid groups (broad SMARTS) is 2. The van der Waals surface area contributed by atoms with Gasteiger partial charge in [0.15, 0.2) is 5.96 Å². The summed E-state index contributed by atoms with van der Waals surface area (Å²) in [7, 11) is 0. The molecular weight excluding hydrogens is 935 g/mol. The van der Waals surface area contributed by atoms with Crippen molar-refractivity contribution in [3.05, 3.63) is 0 Å². The summed E-state index contributed by atoms with van der Waals surface area (Å²) >= 11 is 0. The molecule has 0 radical (unpaired) electrons. The topological polar surface area (TPSA) is 464 Å². The van der Waals surface area contributed by atoms with Gasteiger partial charge >= 0.3 is 11.9 Å². The fraction of sp³-hybridized carbons (Fsp3) is 0.750. The van der Waals surface area contributed by atoms with E-state index in [9.17, 15) is 68.4 Å². The number of nitrogens with two attached hydrogens (primary N) is 4. The second kappa shape index (κ2) is 34.2. The van der Waals surface area contributed by atoms with E-state index in [2.05, 4.69) is 47.5 Å². The summed E-state index contributed by atoms with van der Waals surface area (Å²) in [5.41, 5.74) is 22.4. The molecule has 0 saturated heterocycles. The van der Waals surface area contributed by atoms with Gasteiger partial charge in [-0.15, -0.1) is 0 Å². The molecule has 0 heterocycles. The number of aliphatic carboxylic acids is 2. The second-order valence-corrected chi connectivity index (χ2v) is 18.5. The van der Waals surface area contributed by atoms with Crippen LogP contribution in [0.1, 0.15) is 113 Å². The second-order valence-electron chi connectivity index (χ2n) is 18.5. The largest absolute Gasteiger partial charge is 0.481 e. The molecule has 0 aromatic carbocycles. The smallest absolute Gasteiger partial charge is 0.326 e. The van der Waals surface area contributed by atoms with Gasteiger partial charge in [0.05, 0.1) is 19.3 Å². The Balaban J connectivity index is 6.28. The number of hydrogen-bond acceptors (Lipinski definition) is 15. The summed E-state index contributed by atoms with van der Waals surface area (Å²) in [6, 6.07) is -12.6. The van der Waals surface area contributed by atoms with Crippen molar-refractivity contribution in [2.75, 3.05) is 26.3 Å². The van der Waals surface area contributed by atoms with E-state index in [0.717, 1.165) is 0 Å². The summed E-state index contributed by atoms with van der Waals surface area (Å²) in [6.45, 7) is 10.2. The molecule has 0 aliphatic rings. The Morgan fingerprint density at radius 2 is 0.845 bits per heavy atom. The summed E-state index contributed by atoms with van der Waals surface area (Å²) in [5.74, 6) is -10.7. The molecular formula is C44H81N13O14. The van der Waals surface area contributed by atoms with Crippen molar-refractivity contribution in [3.8, 4) is 0 Å². The molecule has 0 aromatic heterocycles. The van der Waals surface area contributed by atoms with Crippen LogP contribution in [-0.2, 0) is 47.9 Å². The number of unbranched alkanes of at least 4 members (excludes halogenated alkanes) is 1. The average molecular weight is 1020 g/mol. The van der Waals surface area contributed by atoms with E-state index >= 15 is 0 Å². The van der Waals surface area contributed by atoms with E-state index in [1.54, 1.807) is 27.7 Å². The monoisotopic (exact) mass is 1020 g/mol. The predicted octanol–water partition coefficient (Wildman–Crippen LogP) is -4.53. The first kappa shape index (κ1) is 64.8. The van der Waals surface area contributed by atoms with Crippen LogP contribution in [-0.4, -0.2) is 166 Å². The number of aliphatic hydroxyl groups is 2. The highest BCUT2D eigenvalue weighted by molar-refractivity contribution is 5.98. The molecule has 0 aliphatic heterocycles. The van der Waals surface area contributed by atoms with E-state index in [0.29, 0.717) is 19.3 Å². The van der Waals surface area contributed by atoms with Crippen molar-refractivity contribution in [3.63, 3.8) is 0 Å². The molecule has 27 heteroatoms. The Morgan fingerprint density at radius 3 is 1.28 bits per heavy atom. The lowest BCUT2D eigenvalue weighted by Crippen LogP contribution is -2.61. The van der Waals surface area contributed by atoms with Crippen LogP contribution < -0.4 is 65.5 Å². The molecule has 20 N–H and O–H groups in total. The number of nitrogens with zero attached hydrogens (tertiary/aromatic N) is 1. The first-order valence-electron chi connectivity index (χ1n) is 23.8. The number of nitrogens with one attached hydrogen (secondary N) is 8. The van der Waals surface area contributed by atoms with Crippen LogP contribution >= 0.6 is 0 Å².